The topological polar surface area (TPSA) is 80.3 Å². The van der Waals surface area contributed by atoms with Crippen LogP contribution >= 0.6 is 0 Å². The van der Waals surface area contributed by atoms with Crippen LogP contribution in [0.1, 0.15) is 12.8 Å². The second-order valence-electron chi connectivity index (χ2n) is 3.76. The van der Waals surface area contributed by atoms with Crippen LogP contribution in [0.4, 0.5) is 0 Å². The van der Waals surface area contributed by atoms with Gasteiger partial charge in [0.1, 0.15) is 0 Å². The Morgan fingerprint density at radius 1 is 1.27 bits per heavy atom. The zero-order chi connectivity index (χ0) is 9.64. The van der Waals surface area contributed by atoms with Gasteiger partial charge in [0, 0.05) is 17.3 Å². The molecule has 2 aliphatic carbocycles. The monoisotopic (exact) mass is 226 g/mol. The van der Waals surface area contributed by atoms with Crippen LogP contribution in [0.25, 0.3) is 0 Å². The van der Waals surface area contributed by atoms with Gasteiger partial charge in [-0.25, -0.2) is 0 Å². The summed E-state index contributed by atoms with van der Waals surface area (Å²) in [5, 5.41) is 21.5. The molecule has 4 nitrogen and oxygen atoms in total. The first-order valence-corrected chi connectivity index (χ1v) is 4.18. The molecule has 2 aliphatic rings. The molecule has 3 atom stereocenters. The summed E-state index contributed by atoms with van der Waals surface area (Å²) in [5.74, 6) is -3.41. The van der Waals surface area contributed by atoms with Gasteiger partial charge < -0.3 is 19.8 Å². The Balaban J connectivity index is 0.000000980. The number of rotatable bonds is 2. The number of carboxylic acids is 2. The molecular formula is C9H8Na2O4. The summed E-state index contributed by atoms with van der Waals surface area (Å²) in [6.07, 6.45) is 3.94. The third kappa shape index (κ3) is 2.35. The molecule has 0 aromatic rings. The Morgan fingerprint density at radius 2 is 1.87 bits per heavy atom. The number of aliphatic carboxylic acids is 2. The summed E-state index contributed by atoms with van der Waals surface area (Å²) < 4.78 is 0. The zero-order valence-corrected chi connectivity index (χ0v) is 12.9. The molecule has 0 heterocycles. The molecule has 1 saturated carbocycles. The molecule has 1 fully saturated rings. The summed E-state index contributed by atoms with van der Waals surface area (Å²) in [7, 11) is 0. The molecular weight excluding hydrogens is 218 g/mol. The maximum absolute atomic E-state index is 10.8. The number of hydrogen-bond acceptors (Lipinski definition) is 4. The Kier molecular flexibility index (Phi) is 5.58. The SMILES string of the molecule is O=C([O-])C1CC2C=CC1(C(=O)[O-])C2.[Na+].[Na+]. The van der Waals surface area contributed by atoms with E-state index in [9.17, 15) is 19.8 Å². The smallest absolute Gasteiger partial charge is 0.550 e. The van der Waals surface area contributed by atoms with Crippen molar-refractivity contribution in [2.75, 3.05) is 0 Å². The first-order valence-electron chi connectivity index (χ1n) is 4.18. The van der Waals surface area contributed by atoms with E-state index in [0.29, 0.717) is 12.8 Å². The fourth-order valence-electron chi connectivity index (χ4n) is 2.41. The minimum atomic E-state index is -1.29. The van der Waals surface area contributed by atoms with E-state index < -0.39 is 23.3 Å². The van der Waals surface area contributed by atoms with Crippen molar-refractivity contribution >= 4 is 11.9 Å². The van der Waals surface area contributed by atoms with Gasteiger partial charge in [-0.1, -0.05) is 12.2 Å². The minimum Gasteiger partial charge on any atom is -0.550 e. The first kappa shape index (κ1) is 15.7. The standard InChI is InChI=1S/C9H10O4.2Na/c10-7(11)6-3-5-1-2-9(6,4-5)8(12)13;;/h1-2,5-6H,3-4H2,(H,10,11)(H,12,13);;/q;2*+1/p-2. The van der Waals surface area contributed by atoms with Crippen molar-refractivity contribution in [2.45, 2.75) is 12.8 Å². The summed E-state index contributed by atoms with van der Waals surface area (Å²) in [6, 6.07) is 0. The van der Waals surface area contributed by atoms with E-state index in [1.807, 2.05) is 0 Å². The third-order valence-corrected chi connectivity index (χ3v) is 3.09. The Labute approximate surface area is 132 Å². The van der Waals surface area contributed by atoms with Crippen LogP contribution in [0.5, 0.6) is 0 Å². The van der Waals surface area contributed by atoms with Crippen molar-refractivity contribution in [2.24, 2.45) is 17.3 Å². The van der Waals surface area contributed by atoms with Gasteiger partial charge in [0.2, 0.25) is 0 Å². The molecule has 0 saturated heterocycles. The number of carbonyl (C=O) groups is 2. The third-order valence-electron chi connectivity index (χ3n) is 3.09. The van der Waals surface area contributed by atoms with Gasteiger partial charge in [-0.2, -0.15) is 0 Å². The predicted molar refractivity (Wildman–Crippen MR) is 37.8 cm³/mol. The molecule has 2 rings (SSSR count). The molecule has 0 spiro atoms. The van der Waals surface area contributed by atoms with Crippen molar-refractivity contribution < 1.29 is 78.9 Å². The number of fused-ring (bicyclic) bond motifs is 2. The zero-order valence-electron chi connectivity index (χ0n) is 8.86. The van der Waals surface area contributed by atoms with E-state index in [-0.39, 0.29) is 65.0 Å². The number of hydrogen-bond donors (Lipinski definition) is 0. The molecule has 0 aromatic carbocycles. The van der Waals surface area contributed by atoms with E-state index in [1.54, 1.807) is 6.08 Å². The molecule has 0 N–H and O–H groups in total. The summed E-state index contributed by atoms with van der Waals surface area (Å²) in [6.45, 7) is 0. The van der Waals surface area contributed by atoms with Crippen molar-refractivity contribution in [3.63, 3.8) is 0 Å². The normalized spacial score (nSPS) is 35.5. The van der Waals surface area contributed by atoms with Crippen LogP contribution < -0.4 is 69.3 Å². The molecule has 70 valence electrons. The maximum atomic E-state index is 10.8. The van der Waals surface area contributed by atoms with Gasteiger partial charge in [-0.05, 0) is 18.8 Å². The van der Waals surface area contributed by atoms with E-state index in [0.717, 1.165) is 0 Å². The Morgan fingerprint density at radius 3 is 2.20 bits per heavy atom. The molecule has 2 bridgehead atoms. The second kappa shape index (κ2) is 5.34. The van der Waals surface area contributed by atoms with Gasteiger partial charge in [-0.3, -0.25) is 0 Å². The van der Waals surface area contributed by atoms with E-state index >= 15 is 0 Å². The average Bonchev–Trinajstić information content (AvgIpc) is 2.60. The van der Waals surface area contributed by atoms with Gasteiger partial charge in [0.15, 0.2) is 0 Å². The fourth-order valence-corrected chi connectivity index (χ4v) is 2.41. The maximum Gasteiger partial charge on any atom is 1.00 e. The Hall–Kier alpha value is 0.680. The number of carboxylic acid groups (broad SMARTS) is 2. The second-order valence-corrected chi connectivity index (χ2v) is 3.76. The van der Waals surface area contributed by atoms with Gasteiger partial charge in [-0.15, -0.1) is 0 Å². The summed E-state index contributed by atoms with van der Waals surface area (Å²) in [4.78, 5) is 21.5. The molecule has 0 amide bonds. The largest absolute Gasteiger partial charge is 1.00 e. The molecule has 6 heteroatoms. The number of allylic oxidation sites excluding steroid dienone is 1. The van der Waals surface area contributed by atoms with E-state index in [4.69, 9.17) is 0 Å². The predicted octanol–water partition coefficient (Wildman–Crippen LogP) is -7.92. The molecule has 0 aromatic heterocycles. The summed E-state index contributed by atoms with van der Waals surface area (Å²) >= 11 is 0. The van der Waals surface area contributed by atoms with Crippen molar-refractivity contribution in [1.29, 1.82) is 0 Å². The summed E-state index contributed by atoms with van der Waals surface area (Å²) in [5.41, 5.74) is -1.29. The molecule has 0 radical (unpaired) electrons. The van der Waals surface area contributed by atoms with Crippen LogP contribution in [0.15, 0.2) is 12.2 Å². The van der Waals surface area contributed by atoms with E-state index in [1.165, 1.54) is 6.08 Å². The molecule has 0 aliphatic heterocycles. The van der Waals surface area contributed by atoms with Crippen LogP contribution in [0.2, 0.25) is 0 Å². The molecule has 3 unspecified atom stereocenters. The van der Waals surface area contributed by atoms with Gasteiger partial charge in [0.05, 0.1) is 5.97 Å². The average molecular weight is 226 g/mol. The van der Waals surface area contributed by atoms with Crippen LogP contribution in [0, 0.1) is 17.3 Å². The fraction of sp³-hybridized carbons (Fsp3) is 0.556. The first-order chi connectivity index (χ1) is 6.06. The van der Waals surface area contributed by atoms with Crippen LogP contribution in [-0.2, 0) is 9.59 Å². The van der Waals surface area contributed by atoms with Crippen molar-refractivity contribution in [3.05, 3.63) is 12.2 Å². The quantitative estimate of drug-likeness (QED) is 0.346. The molecule has 15 heavy (non-hydrogen) atoms. The number of carbonyl (C=O) groups excluding carboxylic acids is 2. The van der Waals surface area contributed by atoms with E-state index in [2.05, 4.69) is 0 Å². The van der Waals surface area contributed by atoms with Crippen molar-refractivity contribution in [1.82, 2.24) is 0 Å². The Bertz CT molecular complexity index is 315. The van der Waals surface area contributed by atoms with Gasteiger partial charge in [0.25, 0.3) is 0 Å². The van der Waals surface area contributed by atoms with Crippen LogP contribution in [0.3, 0.4) is 0 Å². The van der Waals surface area contributed by atoms with Crippen LogP contribution in [-0.4, -0.2) is 11.9 Å². The van der Waals surface area contributed by atoms with Gasteiger partial charge >= 0.3 is 59.1 Å². The van der Waals surface area contributed by atoms with Crippen molar-refractivity contribution in [3.8, 4) is 0 Å². The minimum absolute atomic E-state index is 0.